The maximum Gasteiger partial charge on any atom is 0.551 e. The number of halogens is 2. The lowest BCUT2D eigenvalue weighted by Gasteiger charge is -2.35. The summed E-state index contributed by atoms with van der Waals surface area (Å²) in [5.41, 5.74) is -0.517. The van der Waals surface area contributed by atoms with Crippen LogP contribution in [0.1, 0.15) is 20.8 Å². The third kappa shape index (κ3) is 5.34. The minimum absolute atomic E-state index is 0.220. The van der Waals surface area contributed by atoms with Gasteiger partial charge in [0.1, 0.15) is 5.60 Å². The second-order valence-electron chi connectivity index (χ2n) is 5.16. The van der Waals surface area contributed by atoms with Crippen LogP contribution in [0.2, 0.25) is 0 Å². The first kappa shape index (κ1) is 14.2. The predicted octanol–water partition coefficient (Wildman–Crippen LogP) is 1.51. The molecule has 98 valence electrons. The lowest BCUT2D eigenvalue weighted by atomic mass is 9.98. The lowest BCUT2D eigenvalue weighted by molar-refractivity contribution is 0.0156. The molecule has 0 spiro atoms. The molecule has 0 saturated carbocycles. The maximum absolute atomic E-state index is 12.2. The Bertz CT molecular complexity index is 264. The summed E-state index contributed by atoms with van der Waals surface area (Å²) in [5, 5.41) is 0. The Morgan fingerprint density at radius 3 is 2.18 bits per heavy atom. The maximum atomic E-state index is 12.2. The Morgan fingerprint density at radius 1 is 1.24 bits per heavy atom. The van der Waals surface area contributed by atoms with Crippen molar-refractivity contribution < 1.29 is 18.2 Å². The first-order valence-electron chi connectivity index (χ1n) is 5.76. The quantitative estimate of drug-likeness (QED) is 0.694. The largest absolute Gasteiger partial charge is 0.551 e. The molecule has 0 N–H and O–H groups in total. The molecule has 1 amide bonds. The first-order valence-corrected chi connectivity index (χ1v) is 5.76. The third-order valence-corrected chi connectivity index (χ3v) is 2.42. The van der Waals surface area contributed by atoms with Crippen molar-refractivity contribution in [1.82, 2.24) is 9.80 Å². The van der Waals surface area contributed by atoms with E-state index in [9.17, 15) is 13.4 Å². The molecule has 1 aliphatic heterocycles. The number of rotatable bonds is 2. The zero-order chi connectivity index (χ0) is 13.1. The smallest absolute Gasteiger partial charge is 0.444 e. The van der Waals surface area contributed by atoms with Crippen LogP contribution in [0.3, 0.4) is 0 Å². The van der Waals surface area contributed by atoms with Gasteiger partial charge < -0.3 is 14.5 Å². The molecule has 1 fully saturated rings. The van der Waals surface area contributed by atoms with Gasteiger partial charge in [-0.2, -0.15) is 0 Å². The molecule has 0 bridgehead atoms. The van der Waals surface area contributed by atoms with Crippen LogP contribution in [0.5, 0.6) is 0 Å². The van der Waals surface area contributed by atoms with Crippen LogP contribution < -0.4 is 0 Å². The normalized spacial score (nSPS) is 18.1. The molecule has 1 heterocycles. The molecule has 0 aromatic carbocycles. The molecular weight excluding hydrogens is 229 g/mol. The van der Waals surface area contributed by atoms with E-state index in [1.807, 2.05) is 0 Å². The molecule has 0 aromatic rings. The highest BCUT2D eigenvalue weighted by molar-refractivity contribution is 6.42. The van der Waals surface area contributed by atoms with E-state index in [0.29, 0.717) is 26.2 Å². The van der Waals surface area contributed by atoms with Crippen LogP contribution in [0, 0.1) is 0 Å². The van der Waals surface area contributed by atoms with Gasteiger partial charge in [-0.25, -0.2) is 4.79 Å². The molecule has 1 rings (SSSR count). The predicted molar refractivity (Wildman–Crippen MR) is 62.2 cm³/mol. The summed E-state index contributed by atoms with van der Waals surface area (Å²) in [4.78, 5) is 14.9. The zero-order valence-corrected chi connectivity index (χ0v) is 10.6. The number of piperazine rings is 1. The number of amides is 1. The summed E-state index contributed by atoms with van der Waals surface area (Å²) in [6.45, 7) is 7.25. The Labute approximate surface area is 101 Å². The number of nitrogens with zero attached hydrogens (tertiary/aromatic N) is 2. The molecule has 17 heavy (non-hydrogen) atoms. The number of carbonyl (C=O) groups excluding carboxylic acids is 1. The van der Waals surface area contributed by atoms with Crippen molar-refractivity contribution >= 4 is 13.4 Å². The molecule has 7 heteroatoms. The lowest BCUT2D eigenvalue weighted by Crippen LogP contribution is -2.51. The van der Waals surface area contributed by atoms with Gasteiger partial charge in [-0.05, 0) is 20.8 Å². The minimum atomic E-state index is -2.32. The summed E-state index contributed by atoms with van der Waals surface area (Å²) in [7, 11) is -2.32. The minimum Gasteiger partial charge on any atom is -0.444 e. The van der Waals surface area contributed by atoms with E-state index in [-0.39, 0.29) is 12.5 Å². The molecule has 0 unspecified atom stereocenters. The fraction of sp³-hybridized carbons (Fsp3) is 0.900. The van der Waals surface area contributed by atoms with Crippen molar-refractivity contribution in [2.45, 2.75) is 26.4 Å². The van der Waals surface area contributed by atoms with Crippen molar-refractivity contribution in [3.8, 4) is 0 Å². The van der Waals surface area contributed by atoms with Gasteiger partial charge in [0.2, 0.25) is 0 Å². The second-order valence-corrected chi connectivity index (χ2v) is 5.16. The van der Waals surface area contributed by atoms with E-state index in [2.05, 4.69) is 0 Å². The summed E-state index contributed by atoms with van der Waals surface area (Å²) in [6.07, 6.45) is -0.587. The molecule has 0 aromatic heterocycles. The monoisotopic (exact) mass is 248 g/mol. The van der Waals surface area contributed by atoms with Crippen LogP contribution in [0.25, 0.3) is 0 Å². The Hall–Kier alpha value is -0.845. The fourth-order valence-electron chi connectivity index (χ4n) is 1.63. The average molecular weight is 248 g/mol. The van der Waals surface area contributed by atoms with Gasteiger partial charge >= 0.3 is 13.4 Å². The molecular formula is C10H19BF2N2O2. The van der Waals surface area contributed by atoms with Gasteiger partial charge in [0, 0.05) is 32.6 Å². The van der Waals surface area contributed by atoms with E-state index >= 15 is 0 Å². The molecule has 0 atom stereocenters. The van der Waals surface area contributed by atoms with Crippen molar-refractivity contribution in [1.29, 1.82) is 0 Å². The molecule has 1 aliphatic rings. The van der Waals surface area contributed by atoms with Crippen LogP contribution in [-0.4, -0.2) is 61.4 Å². The van der Waals surface area contributed by atoms with Crippen molar-refractivity contribution in [2.24, 2.45) is 0 Å². The van der Waals surface area contributed by atoms with Crippen molar-refractivity contribution in [2.75, 3.05) is 32.6 Å². The van der Waals surface area contributed by atoms with Gasteiger partial charge in [-0.3, -0.25) is 8.63 Å². The highest BCUT2D eigenvalue weighted by atomic mass is 19.2. The molecule has 1 saturated heterocycles. The standard InChI is InChI=1S/C10H19BF2N2O2/c1-10(2,3)17-9(16)15-6-4-14(5-7-15)8-11(12)13/h4-8H2,1-3H3. The summed E-state index contributed by atoms with van der Waals surface area (Å²) in [5.74, 6) is 0. The number of hydrogen-bond donors (Lipinski definition) is 0. The van der Waals surface area contributed by atoms with E-state index in [0.717, 1.165) is 0 Å². The summed E-state index contributed by atoms with van der Waals surface area (Å²) < 4.78 is 29.5. The van der Waals surface area contributed by atoms with E-state index in [1.54, 1.807) is 30.6 Å². The highest BCUT2D eigenvalue weighted by Gasteiger charge is 2.27. The van der Waals surface area contributed by atoms with Crippen LogP contribution in [0.4, 0.5) is 13.4 Å². The van der Waals surface area contributed by atoms with Crippen LogP contribution >= 0.6 is 0 Å². The Morgan fingerprint density at radius 2 is 1.76 bits per heavy atom. The van der Waals surface area contributed by atoms with Crippen LogP contribution in [0.15, 0.2) is 0 Å². The molecule has 0 radical (unpaired) electrons. The molecule has 4 nitrogen and oxygen atoms in total. The Balaban J connectivity index is 2.34. The number of hydrogen-bond acceptors (Lipinski definition) is 3. The van der Waals surface area contributed by atoms with E-state index in [1.165, 1.54) is 0 Å². The van der Waals surface area contributed by atoms with Crippen molar-refractivity contribution in [3.05, 3.63) is 0 Å². The van der Waals surface area contributed by atoms with Gasteiger partial charge in [0.15, 0.2) is 0 Å². The highest BCUT2D eigenvalue weighted by Crippen LogP contribution is 2.12. The third-order valence-electron chi connectivity index (χ3n) is 2.42. The van der Waals surface area contributed by atoms with Gasteiger partial charge in [-0.1, -0.05) is 0 Å². The first-order chi connectivity index (χ1) is 7.78. The summed E-state index contributed by atoms with van der Waals surface area (Å²) >= 11 is 0. The number of ether oxygens (including phenoxy) is 1. The van der Waals surface area contributed by atoms with Crippen LogP contribution in [-0.2, 0) is 4.74 Å². The van der Waals surface area contributed by atoms with Gasteiger partial charge in [0.05, 0.1) is 0 Å². The average Bonchev–Trinajstić information content (AvgIpc) is 2.15. The topological polar surface area (TPSA) is 32.8 Å². The zero-order valence-electron chi connectivity index (χ0n) is 10.6. The van der Waals surface area contributed by atoms with Gasteiger partial charge in [0.25, 0.3) is 0 Å². The Kier molecular flexibility index (Phi) is 4.74. The second kappa shape index (κ2) is 5.66. The number of carbonyl (C=O) groups is 1. The molecule has 0 aliphatic carbocycles. The summed E-state index contributed by atoms with van der Waals surface area (Å²) in [6, 6.07) is 0. The van der Waals surface area contributed by atoms with E-state index < -0.39 is 12.9 Å². The van der Waals surface area contributed by atoms with Crippen molar-refractivity contribution in [3.63, 3.8) is 0 Å². The van der Waals surface area contributed by atoms with Gasteiger partial charge in [-0.15, -0.1) is 0 Å². The fourth-order valence-corrected chi connectivity index (χ4v) is 1.63. The van der Waals surface area contributed by atoms with E-state index in [4.69, 9.17) is 4.74 Å². The SMILES string of the molecule is CC(C)(C)OC(=O)N1CCN(CB(F)F)CC1.